The van der Waals surface area contributed by atoms with E-state index in [0.717, 1.165) is 27.1 Å². The average Bonchev–Trinajstić information content (AvgIpc) is 2.89. The van der Waals surface area contributed by atoms with Crippen molar-refractivity contribution in [1.29, 1.82) is 0 Å². The van der Waals surface area contributed by atoms with E-state index in [9.17, 15) is 26.7 Å². The van der Waals surface area contributed by atoms with Gasteiger partial charge in [-0.1, -0.05) is 54.6 Å². The van der Waals surface area contributed by atoms with Crippen LogP contribution in [0.5, 0.6) is 0 Å². The summed E-state index contributed by atoms with van der Waals surface area (Å²) in [5.41, 5.74) is 3.04. The van der Waals surface area contributed by atoms with Gasteiger partial charge in [0.05, 0.1) is 12.7 Å². The molecule has 6 nitrogen and oxygen atoms in total. The summed E-state index contributed by atoms with van der Waals surface area (Å²) in [4.78, 5) is 0.990. The zero-order valence-corrected chi connectivity index (χ0v) is 21.2. The fraction of sp³-hybridized carbons (Fsp3) is 0.333. The van der Waals surface area contributed by atoms with Gasteiger partial charge in [0.25, 0.3) is 0 Å². The van der Waals surface area contributed by atoms with Crippen molar-refractivity contribution >= 4 is 10.0 Å². The van der Waals surface area contributed by atoms with Crippen LogP contribution in [0.2, 0.25) is 0 Å². The monoisotopic (exact) mass is 534 g/mol. The standard InChI is InChI=1S/C27H29F3N2O4S/c1-19-7-5-6-10-22(19)27(20-8-3-2-4-9-20)36-18-21(33)17-31-13-15-32(16-14-31)37(34,35)24-12-11-23(28)25(29)26(24)30/h2-12,21,27,33H,13-18H2,1H3/t21-,27-/m1/s1. The number of hydrogen-bond acceptors (Lipinski definition) is 5. The third-order valence-electron chi connectivity index (χ3n) is 6.45. The van der Waals surface area contributed by atoms with Gasteiger partial charge in [-0.05, 0) is 35.7 Å². The van der Waals surface area contributed by atoms with Crippen LogP contribution < -0.4 is 0 Å². The zero-order valence-electron chi connectivity index (χ0n) is 20.4. The smallest absolute Gasteiger partial charge is 0.246 e. The first-order chi connectivity index (χ1) is 17.7. The van der Waals surface area contributed by atoms with E-state index in [-0.39, 0.29) is 45.4 Å². The van der Waals surface area contributed by atoms with Crippen LogP contribution in [0.1, 0.15) is 22.8 Å². The fourth-order valence-corrected chi connectivity index (χ4v) is 5.91. The number of piperazine rings is 1. The summed E-state index contributed by atoms with van der Waals surface area (Å²) < 4.78 is 73.7. The van der Waals surface area contributed by atoms with E-state index in [1.165, 1.54) is 0 Å². The minimum absolute atomic E-state index is 0.0181. The molecule has 0 aromatic heterocycles. The van der Waals surface area contributed by atoms with Crippen molar-refractivity contribution in [3.63, 3.8) is 0 Å². The van der Waals surface area contributed by atoms with Gasteiger partial charge in [0, 0.05) is 32.7 Å². The Morgan fingerprint density at radius 1 is 0.892 bits per heavy atom. The quantitative estimate of drug-likeness (QED) is 0.422. The van der Waals surface area contributed by atoms with E-state index in [4.69, 9.17) is 4.74 Å². The number of benzene rings is 3. The van der Waals surface area contributed by atoms with Crippen molar-refractivity contribution in [2.45, 2.75) is 24.0 Å². The first-order valence-corrected chi connectivity index (χ1v) is 13.4. The maximum atomic E-state index is 14.1. The van der Waals surface area contributed by atoms with Crippen molar-refractivity contribution < 1.29 is 31.4 Å². The highest BCUT2D eigenvalue weighted by Gasteiger charge is 2.33. The number of aryl methyl sites for hydroxylation is 1. The molecule has 1 saturated heterocycles. The molecule has 0 spiro atoms. The zero-order chi connectivity index (χ0) is 26.6. The van der Waals surface area contributed by atoms with Crippen LogP contribution in [0.15, 0.2) is 71.6 Å². The van der Waals surface area contributed by atoms with Crippen LogP contribution in [-0.2, 0) is 14.8 Å². The van der Waals surface area contributed by atoms with E-state index in [2.05, 4.69) is 0 Å². The van der Waals surface area contributed by atoms with Crippen LogP contribution >= 0.6 is 0 Å². The van der Waals surface area contributed by atoms with Gasteiger partial charge in [-0.15, -0.1) is 0 Å². The number of sulfonamides is 1. The average molecular weight is 535 g/mol. The summed E-state index contributed by atoms with van der Waals surface area (Å²) in [5.74, 6) is -4.99. The summed E-state index contributed by atoms with van der Waals surface area (Å²) in [6, 6.07) is 19.0. The number of rotatable bonds is 9. The summed E-state index contributed by atoms with van der Waals surface area (Å²) >= 11 is 0. The van der Waals surface area contributed by atoms with Gasteiger partial charge in [0.1, 0.15) is 11.0 Å². The third-order valence-corrected chi connectivity index (χ3v) is 8.36. The number of aliphatic hydroxyl groups is 1. The molecule has 0 amide bonds. The van der Waals surface area contributed by atoms with Gasteiger partial charge in [-0.3, -0.25) is 4.90 Å². The number of halogens is 3. The number of hydrogen-bond donors (Lipinski definition) is 1. The highest BCUT2D eigenvalue weighted by Crippen LogP contribution is 2.29. The number of nitrogens with zero attached hydrogens (tertiary/aromatic N) is 2. The largest absolute Gasteiger partial charge is 0.389 e. The second-order valence-electron chi connectivity index (χ2n) is 9.01. The van der Waals surface area contributed by atoms with Crippen LogP contribution in [0, 0.1) is 24.4 Å². The van der Waals surface area contributed by atoms with Crippen molar-refractivity contribution in [2.24, 2.45) is 0 Å². The molecule has 0 unspecified atom stereocenters. The van der Waals surface area contributed by atoms with E-state index in [0.29, 0.717) is 6.07 Å². The van der Waals surface area contributed by atoms with E-state index in [1.807, 2.05) is 66.4 Å². The minimum atomic E-state index is -4.33. The third kappa shape index (κ3) is 6.22. The van der Waals surface area contributed by atoms with E-state index >= 15 is 0 Å². The molecule has 1 N–H and O–H groups in total. The Hall–Kier alpha value is -2.76. The molecule has 10 heteroatoms. The first-order valence-electron chi connectivity index (χ1n) is 11.9. The van der Waals surface area contributed by atoms with Gasteiger partial charge in [0.15, 0.2) is 17.5 Å². The lowest BCUT2D eigenvalue weighted by Crippen LogP contribution is -2.50. The van der Waals surface area contributed by atoms with Crippen molar-refractivity contribution in [1.82, 2.24) is 9.21 Å². The summed E-state index contributed by atoms with van der Waals surface area (Å²) in [6.07, 6.45) is -1.19. The normalized spacial score (nSPS) is 17.0. The summed E-state index contributed by atoms with van der Waals surface area (Å²) in [5, 5.41) is 10.7. The first kappa shape index (κ1) is 27.3. The Kier molecular flexibility index (Phi) is 8.66. The van der Waals surface area contributed by atoms with Gasteiger partial charge in [-0.2, -0.15) is 4.31 Å². The predicted molar refractivity (Wildman–Crippen MR) is 133 cm³/mol. The molecule has 0 aliphatic carbocycles. The molecule has 0 saturated carbocycles. The topological polar surface area (TPSA) is 70.1 Å². The molecule has 3 aromatic rings. The lowest BCUT2D eigenvalue weighted by atomic mass is 9.97. The molecule has 1 aliphatic rings. The molecular formula is C27H29F3N2O4S. The number of β-amino-alcohol motifs (C(OH)–C–C–N with tert-alkyl or cyclic N) is 1. The Morgan fingerprint density at radius 2 is 1.54 bits per heavy atom. The molecule has 1 aliphatic heterocycles. The molecule has 198 valence electrons. The van der Waals surface area contributed by atoms with Gasteiger partial charge in [-0.25, -0.2) is 21.6 Å². The van der Waals surface area contributed by atoms with Crippen LogP contribution in [0.25, 0.3) is 0 Å². The van der Waals surface area contributed by atoms with Crippen LogP contribution in [0.4, 0.5) is 13.2 Å². The molecule has 2 atom stereocenters. The molecule has 1 fully saturated rings. The molecule has 37 heavy (non-hydrogen) atoms. The van der Waals surface area contributed by atoms with E-state index in [1.54, 1.807) is 0 Å². The Labute approximate surface area is 215 Å². The summed E-state index contributed by atoms with van der Waals surface area (Å²) in [6.45, 7) is 2.91. The van der Waals surface area contributed by atoms with Crippen LogP contribution in [0.3, 0.4) is 0 Å². The molecule has 0 bridgehead atoms. The van der Waals surface area contributed by atoms with E-state index < -0.39 is 38.5 Å². The lowest BCUT2D eigenvalue weighted by molar-refractivity contribution is -0.0118. The number of ether oxygens (including phenoxy) is 1. The molecule has 0 radical (unpaired) electrons. The predicted octanol–water partition coefficient (Wildman–Crippen LogP) is 3.89. The maximum Gasteiger partial charge on any atom is 0.246 e. The SMILES string of the molecule is Cc1ccccc1[C@H](OC[C@H](O)CN1CCN(S(=O)(=O)c2ccc(F)c(F)c2F)CC1)c1ccccc1. The fourth-order valence-electron chi connectivity index (χ4n) is 4.43. The molecule has 1 heterocycles. The van der Waals surface area contributed by atoms with Gasteiger partial charge >= 0.3 is 0 Å². The van der Waals surface area contributed by atoms with Crippen molar-refractivity contribution in [3.8, 4) is 0 Å². The minimum Gasteiger partial charge on any atom is -0.389 e. The highest BCUT2D eigenvalue weighted by atomic mass is 32.2. The maximum absolute atomic E-state index is 14.1. The Balaban J connectivity index is 1.35. The Bertz CT molecular complexity index is 1320. The van der Waals surface area contributed by atoms with Crippen molar-refractivity contribution in [2.75, 3.05) is 39.3 Å². The summed E-state index contributed by atoms with van der Waals surface area (Å²) in [7, 11) is -4.33. The van der Waals surface area contributed by atoms with Crippen LogP contribution in [-0.4, -0.2) is 68.2 Å². The Morgan fingerprint density at radius 3 is 2.22 bits per heavy atom. The van der Waals surface area contributed by atoms with Gasteiger partial charge < -0.3 is 9.84 Å². The number of aliphatic hydroxyl groups excluding tert-OH is 1. The second-order valence-corrected chi connectivity index (χ2v) is 10.9. The molecular weight excluding hydrogens is 505 g/mol. The highest BCUT2D eigenvalue weighted by molar-refractivity contribution is 7.89. The van der Waals surface area contributed by atoms with Crippen molar-refractivity contribution in [3.05, 3.63) is 101 Å². The molecule has 3 aromatic carbocycles. The second kappa shape index (κ2) is 11.7. The molecule has 4 rings (SSSR count). The lowest BCUT2D eigenvalue weighted by Gasteiger charge is -2.35. The van der Waals surface area contributed by atoms with Gasteiger partial charge in [0.2, 0.25) is 10.0 Å².